The van der Waals surface area contributed by atoms with E-state index >= 15 is 0 Å². The van der Waals surface area contributed by atoms with Gasteiger partial charge in [0, 0.05) is 31.9 Å². The van der Waals surface area contributed by atoms with Crippen LogP contribution in [0, 0.1) is 0 Å². The second-order valence-corrected chi connectivity index (χ2v) is 9.75. The minimum atomic E-state index is 0.293. The quantitative estimate of drug-likeness (QED) is 0.532. The zero-order valence-corrected chi connectivity index (χ0v) is 19.8. The predicted octanol–water partition coefficient (Wildman–Crippen LogP) is 3.24. The predicted molar refractivity (Wildman–Crippen MR) is 130 cm³/mol. The number of fused-ring (bicyclic) bond motifs is 2. The molecule has 1 N–H and O–H groups in total. The van der Waals surface area contributed by atoms with Crippen molar-refractivity contribution in [3.8, 4) is 5.75 Å². The standard InChI is InChI=1S/C24H30N6O2S/c1-33-32-19-11-29(12-19)17-8-7-16-4-2-6-21(20(16)10-17)31-13-18-5-3-9-30(18)24-22-23(26-14-25-22)27-15-28-24/h2,4,6,14-15,17-19H,3,5,7-13H2,1H3,(H,25,26,27,28). The Balaban J connectivity index is 1.15. The van der Waals surface area contributed by atoms with Crippen molar-refractivity contribution in [3.63, 3.8) is 0 Å². The highest BCUT2D eigenvalue weighted by Gasteiger charge is 2.36. The maximum absolute atomic E-state index is 6.52. The molecule has 1 aliphatic carbocycles. The first-order chi connectivity index (χ1) is 16.3. The molecule has 4 heterocycles. The molecule has 9 heteroatoms. The Hall–Kier alpha value is -2.36. The summed E-state index contributed by atoms with van der Waals surface area (Å²) in [5.41, 5.74) is 4.46. The van der Waals surface area contributed by atoms with Gasteiger partial charge in [-0.15, -0.1) is 0 Å². The fourth-order valence-corrected chi connectivity index (χ4v) is 5.99. The number of imidazole rings is 1. The molecule has 0 spiro atoms. The molecule has 2 aliphatic heterocycles. The van der Waals surface area contributed by atoms with Gasteiger partial charge in [0.1, 0.15) is 24.2 Å². The summed E-state index contributed by atoms with van der Waals surface area (Å²) in [6.07, 6.45) is 11.3. The molecule has 0 amide bonds. The Morgan fingerprint density at radius 3 is 3.03 bits per heavy atom. The third-order valence-corrected chi connectivity index (χ3v) is 7.79. The summed E-state index contributed by atoms with van der Waals surface area (Å²) >= 11 is 1.48. The van der Waals surface area contributed by atoms with Crippen LogP contribution in [-0.2, 0) is 17.0 Å². The number of nitrogens with zero attached hydrogens (tertiary/aromatic N) is 5. The molecule has 0 saturated carbocycles. The van der Waals surface area contributed by atoms with Gasteiger partial charge in [-0.3, -0.25) is 4.90 Å². The summed E-state index contributed by atoms with van der Waals surface area (Å²) in [7, 11) is 0. The van der Waals surface area contributed by atoms with E-state index in [4.69, 9.17) is 8.92 Å². The van der Waals surface area contributed by atoms with Crippen molar-refractivity contribution in [2.24, 2.45) is 0 Å². The number of ether oxygens (including phenoxy) is 1. The average molecular weight is 467 g/mol. The van der Waals surface area contributed by atoms with Crippen molar-refractivity contribution < 1.29 is 8.92 Å². The molecule has 0 bridgehead atoms. The van der Waals surface area contributed by atoms with Crippen LogP contribution in [0.15, 0.2) is 30.9 Å². The molecule has 2 unspecified atom stereocenters. The van der Waals surface area contributed by atoms with Gasteiger partial charge < -0.3 is 18.8 Å². The molecule has 3 aliphatic rings. The number of anilines is 1. The molecule has 2 atom stereocenters. The van der Waals surface area contributed by atoms with E-state index in [1.807, 2.05) is 6.26 Å². The first kappa shape index (κ1) is 21.2. The van der Waals surface area contributed by atoms with Crippen LogP contribution in [0.25, 0.3) is 11.2 Å². The number of rotatable bonds is 7. The van der Waals surface area contributed by atoms with E-state index in [1.165, 1.54) is 29.6 Å². The van der Waals surface area contributed by atoms with Crippen LogP contribution in [0.2, 0.25) is 0 Å². The summed E-state index contributed by atoms with van der Waals surface area (Å²) in [5, 5.41) is 0. The Kier molecular flexibility index (Phi) is 5.85. The van der Waals surface area contributed by atoms with Crippen molar-refractivity contribution in [1.82, 2.24) is 24.8 Å². The summed E-state index contributed by atoms with van der Waals surface area (Å²) in [6, 6.07) is 7.44. The summed E-state index contributed by atoms with van der Waals surface area (Å²) in [4.78, 5) is 21.3. The zero-order valence-electron chi connectivity index (χ0n) is 18.9. The van der Waals surface area contributed by atoms with Crippen LogP contribution in [-0.4, -0.2) is 75.5 Å². The Morgan fingerprint density at radius 2 is 2.12 bits per heavy atom. The number of likely N-dealkylation sites (tertiary alicyclic amines) is 1. The Labute approximate surface area is 198 Å². The van der Waals surface area contributed by atoms with E-state index in [0.29, 0.717) is 30.4 Å². The smallest absolute Gasteiger partial charge is 0.182 e. The first-order valence-corrected chi connectivity index (χ1v) is 13.0. The Bertz CT molecular complexity index is 1120. The van der Waals surface area contributed by atoms with Gasteiger partial charge in [-0.1, -0.05) is 12.1 Å². The van der Waals surface area contributed by atoms with Crippen molar-refractivity contribution in [1.29, 1.82) is 0 Å². The van der Waals surface area contributed by atoms with Crippen molar-refractivity contribution in [3.05, 3.63) is 42.0 Å². The molecule has 2 saturated heterocycles. The number of aromatic amines is 1. The van der Waals surface area contributed by atoms with Gasteiger partial charge >= 0.3 is 0 Å². The van der Waals surface area contributed by atoms with Crippen molar-refractivity contribution in [2.45, 2.75) is 50.3 Å². The number of hydrogen-bond acceptors (Lipinski definition) is 8. The number of nitrogens with one attached hydrogen (secondary N) is 1. The molecular weight excluding hydrogens is 436 g/mol. The lowest BCUT2D eigenvalue weighted by Crippen LogP contribution is -2.57. The number of H-pyrrole nitrogens is 1. The molecule has 33 heavy (non-hydrogen) atoms. The normalized spacial score (nSPS) is 23.6. The van der Waals surface area contributed by atoms with Gasteiger partial charge in [-0.25, -0.2) is 15.0 Å². The van der Waals surface area contributed by atoms with E-state index in [0.717, 1.165) is 62.4 Å². The molecule has 6 rings (SSSR count). The number of aromatic nitrogens is 4. The topological polar surface area (TPSA) is 79.4 Å². The van der Waals surface area contributed by atoms with E-state index in [2.05, 4.69) is 47.9 Å². The second-order valence-electron chi connectivity index (χ2n) is 9.23. The van der Waals surface area contributed by atoms with E-state index in [1.54, 1.807) is 12.7 Å². The second kappa shape index (κ2) is 9.12. The highest BCUT2D eigenvalue weighted by Crippen LogP contribution is 2.35. The molecule has 0 radical (unpaired) electrons. The van der Waals surface area contributed by atoms with Gasteiger partial charge in [0.15, 0.2) is 11.5 Å². The minimum absolute atomic E-state index is 0.293. The lowest BCUT2D eigenvalue weighted by Gasteiger charge is -2.45. The number of aryl methyl sites for hydroxylation is 1. The fraction of sp³-hybridized carbons (Fsp3) is 0.542. The summed E-state index contributed by atoms with van der Waals surface area (Å²) in [6.45, 7) is 3.72. The van der Waals surface area contributed by atoms with Gasteiger partial charge in [0.25, 0.3) is 0 Å². The molecule has 3 aromatic rings. The van der Waals surface area contributed by atoms with Crippen LogP contribution in [0.3, 0.4) is 0 Å². The molecule has 2 fully saturated rings. The van der Waals surface area contributed by atoms with Crippen molar-refractivity contribution >= 4 is 29.0 Å². The molecule has 2 aromatic heterocycles. The lowest BCUT2D eigenvalue weighted by atomic mass is 9.85. The maximum Gasteiger partial charge on any atom is 0.182 e. The number of hydrogen-bond donors (Lipinski definition) is 1. The highest BCUT2D eigenvalue weighted by atomic mass is 32.2. The van der Waals surface area contributed by atoms with Gasteiger partial charge in [0.2, 0.25) is 0 Å². The molecule has 174 valence electrons. The molecular formula is C24H30N6O2S. The molecule has 1 aromatic carbocycles. The van der Waals surface area contributed by atoms with Gasteiger partial charge in [-0.05, 0) is 61.3 Å². The van der Waals surface area contributed by atoms with Gasteiger partial charge in [0.05, 0.1) is 18.5 Å². The highest BCUT2D eigenvalue weighted by molar-refractivity contribution is 7.93. The third kappa shape index (κ3) is 4.06. The van der Waals surface area contributed by atoms with E-state index in [9.17, 15) is 0 Å². The SMILES string of the molecule is CSOC1CN(C2CCc3cccc(OCC4CCCN4c4ncnc5nc[nH]c45)c3C2)C1. The average Bonchev–Trinajstić information content (AvgIpc) is 3.48. The van der Waals surface area contributed by atoms with Gasteiger partial charge in [-0.2, -0.15) is 0 Å². The van der Waals surface area contributed by atoms with E-state index < -0.39 is 0 Å². The number of benzene rings is 1. The van der Waals surface area contributed by atoms with Crippen LogP contribution in [0.1, 0.15) is 30.4 Å². The largest absolute Gasteiger partial charge is 0.491 e. The minimum Gasteiger partial charge on any atom is -0.491 e. The van der Waals surface area contributed by atoms with Crippen molar-refractivity contribution in [2.75, 3.05) is 37.4 Å². The monoisotopic (exact) mass is 466 g/mol. The van der Waals surface area contributed by atoms with Crippen LogP contribution in [0.4, 0.5) is 5.82 Å². The van der Waals surface area contributed by atoms with Crippen LogP contribution >= 0.6 is 12.0 Å². The van der Waals surface area contributed by atoms with Crippen LogP contribution < -0.4 is 9.64 Å². The summed E-state index contributed by atoms with van der Waals surface area (Å²) < 4.78 is 12.2. The first-order valence-electron chi connectivity index (χ1n) is 11.9. The maximum atomic E-state index is 6.52. The fourth-order valence-electron chi connectivity index (χ4n) is 5.59. The molecule has 8 nitrogen and oxygen atoms in total. The third-order valence-electron chi connectivity index (χ3n) is 7.33. The lowest BCUT2D eigenvalue weighted by molar-refractivity contribution is -0.00229. The van der Waals surface area contributed by atoms with Crippen LogP contribution in [0.5, 0.6) is 5.75 Å². The zero-order chi connectivity index (χ0) is 22.2. The Morgan fingerprint density at radius 1 is 1.18 bits per heavy atom. The summed E-state index contributed by atoms with van der Waals surface area (Å²) in [5.74, 6) is 1.98. The van der Waals surface area contributed by atoms with E-state index in [-0.39, 0.29) is 0 Å².